The number of fused-ring (bicyclic) bond motifs is 1. The van der Waals surface area contributed by atoms with Gasteiger partial charge in [-0.2, -0.15) is 0 Å². The second-order valence-corrected chi connectivity index (χ2v) is 10.4. The zero-order chi connectivity index (χ0) is 27.1. The van der Waals surface area contributed by atoms with Crippen molar-refractivity contribution in [2.75, 3.05) is 49.9 Å². The maximum absolute atomic E-state index is 13.1. The molecule has 39 heavy (non-hydrogen) atoms. The van der Waals surface area contributed by atoms with Crippen LogP contribution in [0.15, 0.2) is 36.8 Å². The summed E-state index contributed by atoms with van der Waals surface area (Å²) in [6.45, 7) is 5.06. The first kappa shape index (κ1) is 25.6. The molecule has 0 bridgehead atoms. The number of ether oxygens (including phenoxy) is 1. The van der Waals surface area contributed by atoms with Crippen LogP contribution in [0.4, 0.5) is 24.5 Å². The molecule has 206 valence electrons. The number of piperidine rings is 1. The van der Waals surface area contributed by atoms with Crippen LogP contribution in [0.2, 0.25) is 0 Å². The summed E-state index contributed by atoms with van der Waals surface area (Å²) in [6.07, 6.45) is 2.68. The van der Waals surface area contributed by atoms with E-state index < -0.39 is 12.1 Å². The maximum atomic E-state index is 13.1. The van der Waals surface area contributed by atoms with Gasteiger partial charge in [-0.1, -0.05) is 0 Å². The number of nitrogen functional groups attached to an aromatic ring is 1. The molecule has 2 saturated heterocycles. The van der Waals surface area contributed by atoms with E-state index in [0.717, 1.165) is 66.8 Å². The van der Waals surface area contributed by atoms with Crippen LogP contribution in [0.25, 0.3) is 11.0 Å². The lowest BCUT2D eigenvalue weighted by Crippen LogP contribution is -2.47. The standard InChI is InChI=1S/C27H30F3N7O2/c28-27(29,30)39-20-3-4-21(22(31)14-20)26(38)37-7-5-17(6-8-37)24-25-23(33-16-34-24)13-19(15-32-25)36-11-9-35(10-12-36)18-1-2-18/h3-4,13-18H,1-2,5-12,31H2. The highest BCUT2D eigenvalue weighted by molar-refractivity contribution is 5.99. The molecule has 3 fully saturated rings. The number of benzene rings is 1. The first-order chi connectivity index (χ1) is 18.7. The Balaban J connectivity index is 1.11. The highest BCUT2D eigenvalue weighted by Crippen LogP contribution is 2.34. The molecule has 9 nitrogen and oxygen atoms in total. The Hall–Kier alpha value is -3.67. The Bertz CT molecular complexity index is 1370. The number of likely N-dealkylation sites (tertiary alicyclic amines) is 1. The lowest BCUT2D eigenvalue weighted by atomic mass is 9.92. The van der Waals surface area contributed by atoms with Crippen LogP contribution in [0.3, 0.4) is 0 Å². The summed E-state index contributed by atoms with van der Waals surface area (Å²) in [5.41, 5.74) is 9.55. The van der Waals surface area contributed by atoms with E-state index in [1.165, 1.54) is 18.9 Å². The number of carbonyl (C=O) groups is 1. The number of hydrogen-bond donors (Lipinski definition) is 1. The minimum Gasteiger partial charge on any atom is -0.406 e. The average Bonchev–Trinajstić information content (AvgIpc) is 3.77. The van der Waals surface area contributed by atoms with Crippen LogP contribution in [0.5, 0.6) is 5.75 Å². The first-order valence-electron chi connectivity index (χ1n) is 13.3. The molecule has 1 aromatic carbocycles. The van der Waals surface area contributed by atoms with Gasteiger partial charge in [0.15, 0.2) is 0 Å². The molecule has 0 unspecified atom stereocenters. The lowest BCUT2D eigenvalue weighted by molar-refractivity contribution is -0.274. The highest BCUT2D eigenvalue weighted by atomic mass is 19.4. The molecule has 4 heterocycles. The molecular weight excluding hydrogens is 511 g/mol. The van der Waals surface area contributed by atoms with Gasteiger partial charge in [0.1, 0.15) is 17.6 Å². The Morgan fingerprint density at radius 2 is 1.69 bits per heavy atom. The zero-order valence-corrected chi connectivity index (χ0v) is 21.4. The molecule has 2 N–H and O–H groups in total. The maximum Gasteiger partial charge on any atom is 0.573 e. The summed E-state index contributed by atoms with van der Waals surface area (Å²) in [5, 5.41) is 0. The van der Waals surface area contributed by atoms with Crippen molar-refractivity contribution in [2.24, 2.45) is 0 Å². The van der Waals surface area contributed by atoms with E-state index in [0.29, 0.717) is 25.9 Å². The molecular formula is C27H30F3N7O2. The van der Waals surface area contributed by atoms with Crippen molar-refractivity contribution in [1.29, 1.82) is 0 Å². The Morgan fingerprint density at radius 1 is 0.949 bits per heavy atom. The molecule has 2 aliphatic heterocycles. The number of pyridine rings is 1. The van der Waals surface area contributed by atoms with Crippen molar-refractivity contribution >= 4 is 28.3 Å². The summed E-state index contributed by atoms with van der Waals surface area (Å²) in [7, 11) is 0. The predicted octanol–water partition coefficient (Wildman–Crippen LogP) is 3.81. The fraction of sp³-hybridized carbons (Fsp3) is 0.481. The van der Waals surface area contributed by atoms with Gasteiger partial charge in [0, 0.05) is 63.0 Å². The number of aromatic nitrogens is 3. The smallest absolute Gasteiger partial charge is 0.406 e. The number of hydrogen-bond acceptors (Lipinski definition) is 8. The van der Waals surface area contributed by atoms with E-state index in [1.54, 1.807) is 11.2 Å². The molecule has 3 aliphatic rings. The molecule has 6 rings (SSSR count). The van der Waals surface area contributed by atoms with Crippen LogP contribution in [-0.2, 0) is 0 Å². The monoisotopic (exact) mass is 541 g/mol. The minimum absolute atomic E-state index is 0.0559. The van der Waals surface area contributed by atoms with Crippen molar-refractivity contribution in [3.8, 4) is 5.75 Å². The number of rotatable bonds is 5. The topological polar surface area (TPSA) is 101 Å². The summed E-state index contributed by atoms with van der Waals surface area (Å²) in [6, 6.07) is 6.27. The first-order valence-corrected chi connectivity index (χ1v) is 13.3. The Labute approximate surface area is 223 Å². The van der Waals surface area contributed by atoms with Gasteiger partial charge in [0.25, 0.3) is 5.91 Å². The molecule has 0 spiro atoms. The molecule has 1 aliphatic carbocycles. The summed E-state index contributed by atoms with van der Waals surface area (Å²) in [4.78, 5) is 33.5. The van der Waals surface area contributed by atoms with Crippen molar-refractivity contribution < 1.29 is 22.7 Å². The van der Waals surface area contributed by atoms with Crippen LogP contribution in [-0.4, -0.2) is 82.3 Å². The molecule has 0 radical (unpaired) electrons. The molecule has 1 saturated carbocycles. The van der Waals surface area contributed by atoms with Gasteiger partial charge in [0.2, 0.25) is 0 Å². The average molecular weight is 542 g/mol. The molecule has 0 atom stereocenters. The SMILES string of the molecule is Nc1cc(OC(F)(F)F)ccc1C(=O)N1CCC(c2ncnc3cc(N4CCN(C5CC5)CC4)cnc23)CC1. The van der Waals surface area contributed by atoms with E-state index in [1.807, 2.05) is 6.20 Å². The van der Waals surface area contributed by atoms with E-state index >= 15 is 0 Å². The number of halogens is 3. The van der Waals surface area contributed by atoms with Gasteiger partial charge in [-0.15, -0.1) is 13.2 Å². The van der Waals surface area contributed by atoms with Crippen molar-refractivity contribution in [3.05, 3.63) is 48.0 Å². The molecule has 3 aromatic rings. The van der Waals surface area contributed by atoms with E-state index in [9.17, 15) is 18.0 Å². The summed E-state index contributed by atoms with van der Waals surface area (Å²) in [5.74, 6) is -0.663. The van der Waals surface area contributed by atoms with Gasteiger partial charge in [-0.05, 0) is 43.9 Å². The number of piperazine rings is 1. The number of amides is 1. The summed E-state index contributed by atoms with van der Waals surface area (Å²) < 4.78 is 41.3. The third kappa shape index (κ3) is 5.56. The predicted molar refractivity (Wildman–Crippen MR) is 140 cm³/mol. The van der Waals surface area contributed by atoms with E-state index in [2.05, 4.69) is 30.6 Å². The second-order valence-electron chi connectivity index (χ2n) is 10.4. The van der Waals surface area contributed by atoms with Crippen molar-refractivity contribution in [3.63, 3.8) is 0 Å². The lowest BCUT2D eigenvalue weighted by Gasteiger charge is -2.36. The van der Waals surface area contributed by atoms with Crippen molar-refractivity contribution in [2.45, 2.75) is 44.0 Å². The molecule has 1 amide bonds. The molecule has 12 heteroatoms. The number of nitrogens with zero attached hydrogens (tertiary/aromatic N) is 6. The summed E-state index contributed by atoms with van der Waals surface area (Å²) >= 11 is 0. The fourth-order valence-corrected chi connectivity index (χ4v) is 5.67. The quantitative estimate of drug-likeness (QED) is 0.487. The third-order valence-corrected chi connectivity index (χ3v) is 7.89. The number of carbonyl (C=O) groups excluding carboxylic acids is 1. The minimum atomic E-state index is -4.83. The van der Waals surface area contributed by atoms with Gasteiger partial charge in [-0.3, -0.25) is 14.7 Å². The Kier molecular flexibility index (Phi) is 6.66. The van der Waals surface area contributed by atoms with E-state index in [-0.39, 0.29) is 23.1 Å². The van der Waals surface area contributed by atoms with Crippen LogP contribution in [0.1, 0.15) is 47.7 Å². The Morgan fingerprint density at radius 3 is 2.36 bits per heavy atom. The van der Waals surface area contributed by atoms with Gasteiger partial charge >= 0.3 is 6.36 Å². The van der Waals surface area contributed by atoms with Gasteiger partial charge in [0.05, 0.1) is 28.7 Å². The van der Waals surface area contributed by atoms with Crippen LogP contribution in [0, 0.1) is 0 Å². The van der Waals surface area contributed by atoms with Crippen molar-refractivity contribution in [1.82, 2.24) is 24.8 Å². The third-order valence-electron chi connectivity index (χ3n) is 7.89. The molecule has 2 aromatic heterocycles. The van der Waals surface area contributed by atoms with E-state index in [4.69, 9.17) is 10.7 Å². The normalized spacial score (nSPS) is 19.5. The van der Waals surface area contributed by atoms with Crippen LogP contribution < -0.4 is 15.4 Å². The number of alkyl halides is 3. The zero-order valence-electron chi connectivity index (χ0n) is 21.4. The van der Waals surface area contributed by atoms with Crippen LogP contribution >= 0.6 is 0 Å². The fourth-order valence-electron chi connectivity index (χ4n) is 5.67. The van der Waals surface area contributed by atoms with Gasteiger partial charge in [-0.25, -0.2) is 9.97 Å². The number of anilines is 2. The largest absolute Gasteiger partial charge is 0.573 e. The number of nitrogens with two attached hydrogens (primary N) is 1. The highest BCUT2D eigenvalue weighted by Gasteiger charge is 2.33. The van der Waals surface area contributed by atoms with Gasteiger partial charge < -0.3 is 20.3 Å². The second kappa shape index (κ2) is 10.1.